The molecule has 0 atom stereocenters. The molecule has 2 fully saturated rings. The van der Waals surface area contributed by atoms with Crippen LogP contribution in [0.1, 0.15) is 37.1 Å². The van der Waals surface area contributed by atoms with Crippen LogP contribution in [0.15, 0.2) is 36.5 Å². The van der Waals surface area contributed by atoms with Crippen molar-refractivity contribution in [3.05, 3.63) is 65.4 Å². The highest BCUT2D eigenvalue weighted by Gasteiger charge is 2.27. The lowest BCUT2D eigenvalue weighted by Gasteiger charge is -2.33. The summed E-state index contributed by atoms with van der Waals surface area (Å²) in [5.41, 5.74) is 2.27. The smallest absolute Gasteiger partial charge is 0.178 e. The van der Waals surface area contributed by atoms with Crippen molar-refractivity contribution in [2.24, 2.45) is 5.92 Å². The van der Waals surface area contributed by atoms with E-state index in [0.29, 0.717) is 47.4 Å². The first-order chi connectivity index (χ1) is 18.5. The number of hydrogen-bond donors (Lipinski definition) is 1. The Morgan fingerprint density at radius 2 is 1.74 bits per heavy atom. The first kappa shape index (κ1) is 25.0. The molecule has 0 amide bonds. The Morgan fingerprint density at radius 3 is 2.53 bits per heavy atom. The molecule has 1 aromatic heterocycles. The fourth-order valence-electron chi connectivity index (χ4n) is 5.86. The van der Waals surface area contributed by atoms with Crippen LogP contribution in [0.4, 0.5) is 24.5 Å². The molecule has 1 N–H and O–H groups in total. The number of hydrogen-bond acceptors (Lipinski definition) is 6. The highest BCUT2D eigenvalue weighted by atomic mass is 19.1. The van der Waals surface area contributed by atoms with Gasteiger partial charge in [0.2, 0.25) is 0 Å². The average Bonchev–Trinajstić information content (AvgIpc) is 3.44. The standard InChI is InChI=1S/C29H32F3N5O/c30-22-13-20(5-6-25(22)36-9-7-33-8-10-36)14-27-34-17-24(32)28(35-27)21-15-23(31)29-26(16-21)37(11-12-38-29)18-19-3-1-2-4-19/h5-6,13,15-17,19,33H,1-4,7-12,14,18H2. The number of benzene rings is 2. The number of aromatic nitrogens is 2. The van der Waals surface area contributed by atoms with Gasteiger partial charge in [-0.25, -0.2) is 23.1 Å². The van der Waals surface area contributed by atoms with Crippen LogP contribution in [0, 0.1) is 23.4 Å². The Hall–Kier alpha value is -3.33. The molecular formula is C29H32F3N5O. The van der Waals surface area contributed by atoms with Crippen molar-refractivity contribution in [1.82, 2.24) is 15.3 Å². The van der Waals surface area contributed by atoms with Gasteiger partial charge in [-0.1, -0.05) is 18.9 Å². The summed E-state index contributed by atoms with van der Waals surface area (Å²) in [5.74, 6) is -0.328. The summed E-state index contributed by atoms with van der Waals surface area (Å²) in [6.07, 6.45) is 6.15. The van der Waals surface area contributed by atoms with Gasteiger partial charge in [0.05, 0.1) is 24.1 Å². The number of nitrogens with zero attached hydrogens (tertiary/aromatic N) is 4. The second kappa shape index (κ2) is 10.8. The lowest BCUT2D eigenvalue weighted by atomic mass is 10.0. The Balaban J connectivity index is 1.26. The van der Waals surface area contributed by atoms with Crippen LogP contribution >= 0.6 is 0 Å². The minimum Gasteiger partial charge on any atom is -0.486 e. The van der Waals surface area contributed by atoms with Gasteiger partial charge in [-0.2, -0.15) is 0 Å². The molecule has 6 rings (SSSR count). The number of fused-ring (bicyclic) bond motifs is 1. The quantitative estimate of drug-likeness (QED) is 0.494. The van der Waals surface area contributed by atoms with Crippen molar-refractivity contribution in [2.45, 2.75) is 32.1 Å². The van der Waals surface area contributed by atoms with Crippen molar-refractivity contribution in [3.8, 4) is 17.0 Å². The monoisotopic (exact) mass is 523 g/mol. The van der Waals surface area contributed by atoms with E-state index in [4.69, 9.17) is 4.74 Å². The van der Waals surface area contributed by atoms with Gasteiger partial charge < -0.3 is 19.9 Å². The van der Waals surface area contributed by atoms with Crippen molar-refractivity contribution in [3.63, 3.8) is 0 Å². The summed E-state index contributed by atoms with van der Waals surface area (Å²) in [7, 11) is 0. The molecule has 6 nitrogen and oxygen atoms in total. The Bertz CT molecular complexity index is 1310. The van der Waals surface area contributed by atoms with Gasteiger partial charge in [0.15, 0.2) is 17.4 Å². The van der Waals surface area contributed by atoms with E-state index in [2.05, 4.69) is 20.2 Å². The van der Waals surface area contributed by atoms with Gasteiger partial charge in [0.1, 0.15) is 23.9 Å². The largest absolute Gasteiger partial charge is 0.486 e. The number of ether oxygens (including phenoxy) is 1. The van der Waals surface area contributed by atoms with E-state index in [1.54, 1.807) is 12.1 Å². The number of halogens is 3. The van der Waals surface area contributed by atoms with E-state index in [1.165, 1.54) is 37.8 Å². The van der Waals surface area contributed by atoms with Gasteiger partial charge in [-0.05, 0) is 48.6 Å². The van der Waals surface area contributed by atoms with E-state index in [1.807, 2.05) is 11.0 Å². The predicted molar refractivity (Wildman–Crippen MR) is 141 cm³/mol. The summed E-state index contributed by atoms with van der Waals surface area (Å²) in [5, 5.41) is 3.27. The maximum Gasteiger partial charge on any atom is 0.178 e. The fourth-order valence-corrected chi connectivity index (χ4v) is 5.86. The maximum absolute atomic E-state index is 15.2. The summed E-state index contributed by atoms with van der Waals surface area (Å²) < 4.78 is 50.7. The van der Waals surface area contributed by atoms with Gasteiger partial charge in [-0.3, -0.25) is 0 Å². The molecule has 0 bridgehead atoms. The predicted octanol–water partition coefficient (Wildman–Crippen LogP) is 4.95. The summed E-state index contributed by atoms with van der Waals surface area (Å²) in [4.78, 5) is 12.8. The average molecular weight is 524 g/mol. The zero-order chi connectivity index (χ0) is 26.1. The van der Waals surface area contributed by atoms with Crippen molar-refractivity contribution in [2.75, 3.05) is 55.7 Å². The Labute approximate surface area is 220 Å². The van der Waals surface area contributed by atoms with Crippen molar-refractivity contribution < 1.29 is 17.9 Å². The minimum absolute atomic E-state index is 0.0287. The SMILES string of the molecule is Fc1cc(Cc2ncc(F)c(-c3cc(F)c4c(c3)N(CC3CCCC3)CCO4)n2)ccc1N1CCNCC1. The molecule has 38 heavy (non-hydrogen) atoms. The van der Waals surface area contributed by atoms with Gasteiger partial charge >= 0.3 is 0 Å². The van der Waals surface area contributed by atoms with E-state index >= 15 is 4.39 Å². The third kappa shape index (κ3) is 5.16. The van der Waals surface area contributed by atoms with Crippen LogP contribution in [0.3, 0.4) is 0 Å². The molecule has 0 unspecified atom stereocenters. The molecule has 0 radical (unpaired) electrons. The molecule has 2 aromatic carbocycles. The van der Waals surface area contributed by atoms with Crippen LogP contribution in [0.2, 0.25) is 0 Å². The molecule has 1 aliphatic carbocycles. The topological polar surface area (TPSA) is 53.5 Å². The van der Waals surface area contributed by atoms with E-state index in [0.717, 1.165) is 38.9 Å². The summed E-state index contributed by atoms with van der Waals surface area (Å²) in [6.45, 7) is 5.07. The first-order valence-corrected chi connectivity index (χ1v) is 13.5. The Morgan fingerprint density at radius 1 is 0.921 bits per heavy atom. The number of anilines is 2. The van der Waals surface area contributed by atoms with E-state index in [9.17, 15) is 8.78 Å². The molecule has 200 valence electrons. The Kier molecular flexibility index (Phi) is 7.10. The van der Waals surface area contributed by atoms with E-state index < -0.39 is 11.6 Å². The maximum atomic E-state index is 15.2. The molecule has 3 aliphatic rings. The first-order valence-electron chi connectivity index (χ1n) is 13.5. The number of piperazine rings is 1. The summed E-state index contributed by atoms with van der Waals surface area (Å²) in [6, 6.07) is 8.15. The van der Waals surface area contributed by atoms with Crippen LogP contribution in [0.5, 0.6) is 5.75 Å². The lowest BCUT2D eigenvalue weighted by molar-refractivity contribution is 0.288. The second-order valence-corrected chi connectivity index (χ2v) is 10.4. The fraction of sp³-hybridized carbons (Fsp3) is 0.448. The molecule has 1 saturated heterocycles. The van der Waals surface area contributed by atoms with Crippen molar-refractivity contribution in [1.29, 1.82) is 0 Å². The van der Waals surface area contributed by atoms with E-state index in [-0.39, 0.29) is 23.7 Å². The third-order valence-electron chi connectivity index (χ3n) is 7.83. The minimum atomic E-state index is -0.632. The molecular weight excluding hydrogens is 491 g/mol. The highest BCUT2D eigenvalue weighted by molar-refractivity contribution is 5.72. The number of nitrogens with one attached hydrogen (secondary N) is 1. The van der Waals surface area contributed by atoms with Gasteiger partial charge in [0, 0.05) is 44.7 Å². The molecule has 3 aromatic rings. The molecule has 2 aliphatic heterocycles. The van der Waals surface area contributed by atoms with Crippen LogP contribution < -0.4 is 19.9 Å². The normalized spacial score (nSPS) is 18.0. The van der Waals surface area contributed by atoms with Gasteiger partial charge in [-0.15, -0.1) is 0 Å². The molecule has 9 heteroatoms. The zero-order valence-electron chi connectivity index (χ0n) is 21.4. The summed E-state index contributed by atoms with van der Waals surface area (Å²) >= 11 is 0. The van der Waals surface area contributed by atoms with Crippen LogP contribution in [-0.4, -0.2) is 55.8 Å². The second-order valence-electron chi connectivity index (χ2n) is 10.4. The van der Waals surface area contributed by atoms with Crippen LogP contribution in [0.25, 0.3) is 11.3 Å². The lowest BCUT2D eigenvalue weighted by Crippen LogP contribution is -2.43. The highest BCUT2D eigenvalue weighted by Crippen LogP contribution is 2.40. The van der Waals surface area contributed by atoms with Crippen LogP contribution in [-0.2, 0) is 6.42 Å². The van der Waals surface area contributed by atoms with Crippen molar-refractivity contribution >= 4 is 11.4 Å². The molecule has 3 heterocycles. The molecule has 0 spiro atoms. The number of rotatable bonds is 6. The molecule has 1 saturated carbocycles. The third-order valence-corrected chi connectivity index (χ3v) is 7.83. The zero-order valence-corrected chi connectivity index (χ0v) is 21.4. The van der Waals surface area contributed by atoms with Gasteiger partial charge in [0.25, 0.3) is 0 Å².